The van der Waals surface area contributed by atoms with Gasteiger partial charge < -0.3 is 10.5 Å². The molecule has 12 heavy (non-hydrogen) atoms. The van der Waals surface area contributed by atoms with Crippen molar-refractivity contribution in [2.45, 2.75) is 12.1 Å². The molecule has 0 radical (unpaired) electrons. The fraction of sp³-hybridized carbons (Fsp3) is 0.333. The van der Waals surface area contributed by atoms with Crippen molar-refractivity contribution >= 4 is 10.2 Å². The van der Waals surface area contributed by atoms with Crippen LogP contribution in [0.2, 0.25) is 0 Å². The Morgan fingerprint density at radius 2 is 2.00 bits per heavy atom. The van der Waals surface area contributed by atoms with Gasteiger partial charge in [-0.25, -0.2) is 0 Å². The average Bonchev–Trinajstić information content (AvgIpc) is 2.05. The average molecular weight is 181 g/mol. The molecule has 0 fully saturated rings. The van der Waals surface area contributed by atoms with Gasteiger partial charge in [0.2, 0.25) is 0 Å². The first-order valence-corrected chi connectivity index (χ1v) is 5.38. The van der Waals surface area contributed by atoms with E-state index in [1.165, 1.54) is 0 Å². The van der Waals surface area contributed by atoms with Gasteiger partial charge in [0.15, 0.2) is 0 Å². The first kappa shape index (κ1) is 9.29. The van der Waals surface area contributed by atoms with Crippen molar-refractivity contribution in [3.8, 4) is 5.75 Å². The highest BCUT2D eigenvalue weighted by Crippen LogP contribution is 2.08. The largest absolute Gasteiger partial charge is 0.494 e. The van der Waals surface area contributed by atoms with Gasteiger partial charge in [-0.1, -0.05) is 18.2 Å². The summed E-state index contributed by atoms with van der Waals surface area (Å²) in [6, 6.07) is 9.83. The molecule has 66 valence electrons. The van der Waals surface area contributed by atoms with E-state index in [0.29, 0.717) is 5.67 Å². The minimum atomic E-state index is 0.355. The number of hydrogen-bond donors (Lipinski definition) is 1. The van der Waals surface area contributed by atoms with Crippen LogP contribution in [0.4, 0.5) is 0 Å². The summed E-state index contributed by atoms with van der Waals surface area (Å²) >= 11 is 0. The van der Waals surface area contributed by atoms with Gasteiger partial charge in [0.1, 0.15) is 5.75 Å². The number of ether oxygens (including phenoxy) is 1. The quantitative estimate of drug-likeness (QED) is 0.669. The lowest BCUT2D eigenvalue weighted by Crippen LogP contribution is -2.22. The third-order valence-corrected chi connectivity index (χ3v) is 2.16. The van der Waals surface area contributed by atoms with Gasteiger partial charge in [0.05, 0.1) is 6.61 Å². The lowest BCUT2D eigenvalue weighted by atomic mass is 10.3. The van der Waals surface area contributed by atoms with E-state index in [0.717, 1.165) is 29.0 Å². The Balaban J connectivity index is 2.25. The highest BCUT2D eigenvalue weighted by molar-refractivity contribution is 6.11. The smallest absolute Gasteiger partial charge is 0.119 e. The predicted molar refractivity (Wildman–Crippen MR) is 54.5 cm³/mol. The molecular formula is C9H15NOSi. The molecule has 0 saturated carbocycles. The Morgan fingerprint density at radius 3 is 2.58 bits per heavy atom. The summed E-state index contributed by atoms with van der Waals surface area (Å²) in [7, 11) is 1.04. The van der Waals surface area contributed by atoms with Crippen molar-refractivity contribution in [2.24, 2.45) is 5.73 Å². The zero-order valence-corrected chi connectivity index (χ0v) is 9.36. The van der Waals surface area contributed by atoms with E-state index in [1.54, 1.807) is 0 Å². The second-order valence-corrected chi connectivity index (χ2v) is 4.41. The third-order valence-electron chi connectivity index (χ3n) is 1.59. The second-order valence-electron chi connectivity index (χ2n) is 2.93. The van der Waals surface area contributed by atoms with Gasteiger partial charge in [0.25, 0.3) is 0 Å². The molecular weight excluding hydrogens is 166 g/mol. The molecule has 3 heteroatoms. The Morgan fingerprint density at radius 1 is 1.33 bits per heavy atom. The zero-order chi connectivity index (χ0) is 8.81. The number of nitrogens with two attached hydrogens (primary N) is 1. The molecule has 2 N–H and O–H groups in total. The van der Waals surface area contributed by atoms with Gasteiger partial charge in [0, 0.05) is 10.2 Å². The molecule has 2 nitrogen and oxygen atoms in total. The molecule has 0 amide bonds. The normalized spacial score (nSPS) is 12.8. The molecule has 0 aliphatic rings. The molecule has 0 spiro atoms. The van der Waals surface area contributed by atoms with E-state index >= 15 is 0 Å². The Bertz CT molecular complexity index is 213. The maximum absolute atomic E-state index is 5.64. The maximum Gasteiger partial charge on any atom is 0.119 e. The van der Waals surface area contributed by atoms with Crippen molar-refractivity contribution in [1.82, 2.24) is 0 Å². The lowest BCUT2D eigenvalue weighted by molar-refractivity contribution is 0.309. The number of rotatable bonds is 4. The number of para-hydroxylation sites is 1. The van der Waals surface area contributed by atoms with Gasteiger partial charge in [-0.05, 0) is 24.2 Å². The molecule has 1 atom stereocenters. The van der Waals surface area contributed by atoms with Crippen LogP contribution in [0.25, 0.3) is 0 Å². The molecule has 0 saturated heterocycles. The minimum absolute atomic E-state index is 0.355. The SMILES string of the molecule is NC([SiH3])CCOc1ccccc1. The summed E-state index contributed by atoms with van der Waals surface area (Å²) in [5.74, 6) is 0.930. The molecule has 1 unspecified atom stereocenters. The first-order valence-electron chi connectivity index (χ1n) is 4.22. The van der Waals surface area contributed by atoms with Crippen LogP contribution in [-0.2, 0) is 0 Å². The van der Waals surface area contributed by atoms with Gasteiger partial charge in [-0.2, -0.15) is 0 Å². The summed E-state index contributed by atoms with van der Waals surface area (Å²) in [5.41, 5.74) is 5.99. The maximum atomic E-state index is 5.64. The van der Waals surface area contributed by atoms with Crippen LogP contribution in [0, 0.1) is 0 Å². The first-order chi connectivity index (χ1) is 5.79. The summed E-state index contributed by atoms with van der Waals surface area (Å²) in [6.45, 7) is 0.731. The highest BCUT2D eigenvalue weighted by atomic mass is 28.1. The topological polar surface area (TPSA) is 35.2 Å². The molecule has 0 aromatic heterocycles. The van der Waals surface area contributed by atoms with E-state index in [9.17, 15) is 0 Å². The summed E-state index contributed by atoms with van der Waals surface area (Å²) in [4.78, 5) is 0. The molecule has 0 bridgehead atoms. The van der Waals surface area contributed by atoms with E-state index in [1.807, 2.05) is 30.3 Å². The van der Waals surface area contributed by atoms with Crippen LogP contribution >= 0.6 is 0 Å². The molecule has 1 aromatic carbocycles. The number of hydrogen-bond acceptors (Lipinski definition) is 2. The van der Waals surface area contributed by atoms with E-state index < -0.39 is 0 Å². The van der Waals surface area contributed by atoms with Crippen LogP contribution in [-0.4, -0.2) is 22.5 Å². The Kier molecular flexibility index (Phi) is 3.83. The van der Waals surface area contributed by atoms with Crippen LogP contribution in [0.15, 0.2) is 30.3 Å². The standard InChI is InChI=1S/C9H15NOSi/c10-9(12)6-7-11-8-4-2-1-3-5-8/h1-5,9H,6-7,10H2,12H3. The fourth-order valence-electron chi connectivity index (χ4n) is 0.879. The molecule has 0 heterocycles. The van der Waals surface area contributed by atoms with Crippen molar-refractivity contribution in [3.63, 3.8) is 0 Å². The van der Waals surface area contributed by atoms with E-state index in [-0.39, 0.29) is 0 Å². The van der Waals surface area contributed by atoms with Crippen LogP contribution in [0.1, 0.15) is 6.42 Å². The van der Waals surface area contributed by atoms with Crippen LogP contribution < -0.4 is 10.5 Å². The third kappa shape index (κ3) is 3.55. The Hall–Kier alpha value is -0.803. The molecule has 1 aromatic rings. The van der Waals surface area contributed by atoms with Gasteiger partial charge in [-0.3, -0.25) is 0 Å². The lowest BCUT2D eigenvalue weighted by Gasteiger charge is -2.07. The summed E-state index contributed by atoms with van der Waals surface area (Å²) in [6.07, 6.45) is 0.959. The monoisotopic (exact) mass is 181 g/mol. The van der Waals surface area contributed by atoms with Crippen molar-refractivity contribution in [3.05, 3.63) is 30.3 Å². The minimum Gasteiger partial charge on any atom is -0.494 e. The second kappa shape index (κ2) is 4.95. The van der Waals surface area contributed by atoms with E-state index in [2.05, 4.69) is 0 Å². The number of benzene rings is 1. The van der Waals surface area contributed by atoms with Gasteiger partial charge >= 0.3 is 0 Å². The highest BCUT2D eigenvalue weighted by Gasteiger charge is 1.94. The van der Waals surface area contributed by atoms with Crippen LogP contribution in [0.3, 0.4) is 0 Å². The fourth-order valence-corrected chi connectivity index (χ4v) is 1.12. The zero-order valence-electron chi connectivity index (χ0n) is 7.36. The van der Waals surface area contributed by atoms with Crippen LogP contribution in [0.5, 0.6) is 5.75 Å². The van der Waals surface area contributed by atoms with Crippen molar-refractivity contribution in [2.75, 3.05) is 6.61 Å². The predicted octanol–water partition coefficient (Wildman–Crippen LogP) is 0.106. The summed E-state index contributed by atoms with van der Waals surface area (Å²) in [5, 5.41) is 0. The van der Waals surface area contributed by atoms with Gasteiger partial charge in [-0.15, -0.1) is 0 Å². The Labute approximate surface area is 76.2 Å². The molecule has 1 rings (SSSR count). The molecule has 0 aliphatic heterocycles. The molecule has 0 aliphatic carbocycles. The van der Waals surface area contributed by atoms with Crippen molar-refractivity contribution < 1.29 is 4.74 Å². The van der Waals surface area contributed by atoms with Crippen molar-refractivity contribution in [1.29, 1.82) is 0 Å². The van der Waals surface area contributed by atoms with E-state index in [4.69, 9.17) is 10.5 Å². The summed E-state index contributed by atoms with van der Waals surface area (Å²) < 4.78 is 5.46.